The molecule has 2 aromatic rings. The number of hydrogen-bond acceptors (Lipinski definition) is 5. The summed E-state index contributed by atoms with van der Waals surface area (Å²) in [5.74, 6) is 0.128. The number of aromatic carboxylic acids is 1. The van der Waals surface area contributed by atoms with Gasteiger partial charge in [0.2, 0.25) is 0 Å². The standard InChI is InChI=1S/C20H25N3O5/c1-4-28-17-6-5-14(11-18(17)27-3)19(24)22-9-7-15(8-10-22)23-13(2)16(12-21-23)20(25)26/h5-6,11-12,15H,4,7-10H2,1-3H3,(H,25,26). The van der Waals surface area contributed by atoms with E-state index in [0.717, 1.165) is 12.8 Å². The SMILES string of the molecule is CCOc1ccc(C(=O)N2CCC(n3ncc(C(=O)O)c3C)CC2)cc1OC. The predicted octanol–water partition coefficient (Wildman–Crippen LogP) is 2.77. The molecule has 0 unspecified atom stereocenters. The first-order valence-electron chi connectivity index (χ1n) is 9.33. The molecule has 0 saturated carbocycles. The van der Waals surface area contributed by atoms with Crippen LogP contribution >= 0.6 is 0 Å². The monoisotopic (exact) mass is 387 g/mol. The summed E-state index contributed by atoms with van der Waals surface area (Å²) in [4.78, 5) is 25.9. The molecule has 1 aliphatic rings. The number of carbonyl (C=O) groups is 2. The average molecular weight is 387 g/mol. The maximum Gasteiger partial charge on any atom is 0.339 e. The van der Waals surface area contributed by atoms with E-state index < -0.39 is 5.97 Å². The lowest BCUT2D eigenvalue weighted by Gasteiger charge is -2.32. The number of aromatic nitrogens is 2. The third-order valence-corrected chi connectivity index (χ3v) is 5.08. The van der Waals surface area contributed by atoms with Gasteiger partial charge in [0.1, 0.15) is 5.56 Å². The van der Waals surface area contributed by atoms with E-state index in [9.17, 15) is 14.7 Å². The summed E-state index contributed by atoms with van der Waals surface area (Å²) in [5.41, 5.74) is 1.43. The molecular formula is C20H25N3O5. The highest BCUT2D eigenvalue weighted by Gasteiger charge is 2.27. The highest BCUT2D eigenvalue weighted by Crippen LogP contribution is 2.30. The molecular weight excluding hydrogens is 362 g/mol. The van der Waals surface area contributed by atoms with Crippen LogP contribution in [0.1, 0.15) is 52.2 Å². The molecule has 0 radical (unpaired) electrons. The van der Waals surface area contributed by atoms with Crippen LogP contribution in [0.15, 0.2) is 24.4 Å². The van der Waals surface area contributed by atoms with Gasteiger partial charge in [0.05, 0.1) is 31.6 Å². The minimum absolute atomic E-state index is 0.0526. The normalized spacial score (nSPS) is 14.8. The largest absolute Gasteiger partial charge is 0.493 e. The van der Waals surface area contributed by atoms with Crippen LogP contribution in [0, 0.1) is 6.92 Å². The fourth-order valence-electron chi connectivity index (χ4n) is 3.57. The fourth-order valence-corrected chi connectivity index (χ4v) is 3.57. The van der Waals surface area contributed by atoms with E-state index in [1.165, 1.54) is 6.20 Å². The Morgan fingerprint density at radius 3 is 2.54 bits per heavy atom. The van der Waals surface area contributed by atoms with E-state index in [1.54, 1.807) is 36.9 Å². The first-order valence-corrected chi connectivity index (χ1v) is 9.33. The number of methoxy groups -OCH3 is 1. The van der Waals surface area contributed by atoms with Crippen LogP contribution in [0.5, 0.6) is 11.5 Å². The summed E-state index contributed by atoms with van der Waals surface area (Å²) in [6.45, 7) is 5.35. The van der Waals surface area contributed by atoms with Crippen LogP contribution < -0.4 is 9.47 Å². The highest BCUT2D eigenvalue weighted by molar-refractivity contribution is 5.95. The summed E-state index contributed by atoms with van der Waals surface area (Å²) < 4.78 is 12.6. The zero-order valence-electron chi connectivity index (χ0n) is 16.3. The summed E-state index contributed by atoms with van der Waals surface area (Å²) in [6.07, 6.45) is 2.84. The molecule has 0 spiro atoms. The molecule has 8 heteroatoms. The number of carboxylic acid groups (broad SMARTS) is 1. The van der Waals surface area contributed by atoms with Gasteiger partial charge in [-0.3, -0.25) is 9.48 Å². The van der Waals surface area contributed by atoms with Crippen molar-refractivity contribution in [3.05, 3.63) is 41.2 Å². The molecule has 0 bridgehead atoms. The van der Waals surface area contributed by atoms with Crippen molar-refractivity contribution >= 4 is 11.9 Å². The second kappa shape index (κ2) is 8.33. The van der Waals surface area contributed by atoms with Gasteiger partial charge in [-0.25, -0.2) is 4.79 Å². The lowest BCUT2D eigenvalue weighted by molar-refractivity contribution is 0.0687. The number of ether oxygens (including phenoxy) is 2. The topological polar surface area (TPSA) is 93.9 Å². The van der Waals surface area contributed by atoms with Gasteiger partial charge in [-0.15, -0.1) is 0 Å². The first-order chi connectivity index (χ1) is 13.5. The Labute approximate surface area is 163 Å². The molecule has 1 aliphatic heterocycles. The molecule has 3 rings (SSSR count). The van der Waals surface area contributed by atoms with Gasteiger partial charge in [-0.1, -0.05) is 0 Å². The summed E-state index contributed by atoms with van der Waals surface area (Å²) in [7, 11) is 1.55. The van der Waals surface area contributed by atoms with Gasteiger partial charge in [0.25, 0.3) is 5.91 Å². The minimum atomic E-state index is -0.971. The predicted molar refractivity (Wildman–Crippen MR) is 102 cm³/mol. The first kappa shape index (κ1) is 19.7. The summed E-state index contributed by atoms with van der Waals surface area (Å²) >= 11 is 0. The van der Waals surface area contributed by atoms with Crippen molar-refractivity contribution in [2.45, 2.75) is 32.7 Å². The lowest BCUT2D eigenvalue weighted by atomic mass is 10.0. The van der Waals surface area contributed by atoms with Crippen LogP contribution in [0.4, 0.5) is 0 Å². The number of carboxylic acids is 1. The number of nitrogens with zero attached hydrogens (tertiary/aromatic N) is 3. The third-order valence-electron chi connectivity index (χ3n) is 5.08. The van der Waals surface area contributed by atoms with Gasteiger partial charge in [0, 0.05) is 18.7 Å². The Kier molecular flexibility index (Phi) is 5.87. The number of carbonyl (C=O) groups excluding carboxylic acids is 1. The van der Waals surface area contributed by atoms with E-state index >= 15 is 0 Å². The van der Waals surface area contributed by atoms with E-state index in [2.05, 4.69) is 5.10 Å². The zero-order chi connectivity index (χ0) is 20.3. The summed E-state index contributed by atoms with van der Waals surface area (Å²) in [5, 5.41) is 13.4. The number of amides is 1. The van der Waals surface area contributed by atoms with E-state index in [0.29, 0.717) is 42.5 Å². The molecule has 0 atom stereocenters. The second-order valence-corrected chi connectivity index (χ2v) is 6.72. The Bertz CT molecular complexity index is 869. The maximum atomic E-state index is 12.9. The van der Waals surface area contributed by atoms with Crippen molar-refractivity contribution in [2.24, 2.45) is 0 Å². The van der Waals surface area contributed by atoms with Crippen LogP contribution in [0.2, 0.25) is 0 Å². The summed E-state index contributed by atoms with van der Waals surface area (Å²) in [6, 6.07) is 5.30. The van der Waals surface area contributed by atoms with Gasteiger partial charge in [-0.05, 0) is 44.9 Å². The number of hydrogen-bond donors (Lipinski definition) is 1. The lowest BCUT2D eigenvalue weighted by Crippen LogP contribution is -2.39. The Balaban J connectivity index is 1.68. The number of piperidine rings is 1. The number of benzene rings is 1. The van der Waals surface area contributed by atoms with Gasteiger partial charge < -0.3 is 19.5 Å². The molecule has 1 aromatic heterocycles. The molecule has 1 N–H and O–H groups in total. The number of rotatable bonds is 6. The van der Waals surface area contributed by atoms with Crippen LogP contribution in [-0.2, 0) is 0 Å². The van der Waals surface area contributed by atoms with Gasteiger partial charge in [0.15, 0.2) is 11.5 Å². The quantitative estimate of drug-likeness (QED) is 0.819. The molecule has 1 fully saturated rings. The molecule has 150 valence electrons. The average Bonchev–Trinajstić information content (AvgIpc) is 3.09. The smallest absolute Gasteiger partial charge is 0.339 e. The van der Waals surface area contributed by atoms with Gasteiger partial charge in [-0.2, -0.15) is 5.10 Å². The molecule has 0 aliphatic carbocycles. The van der Waals surface area contributed by atoms with Crippen LogP contribution in [-0.4, -0.2) is 58.5 Å². The van der Waals surface area contributed by atoms with Crippen molar-refractivity contribution in [1.82, 2.24) is 14.7 Å². The van der Waals surface area contributed by atoms with Crippen molar-refractivity contribution in [2.75, 3.05) is 26.8 Å². The van der Waals surface area contributed by atoms with Crippen molar-refractivity contribution in [1.29, 1.82) is 0 Å². The van der Waals surface area contributed by atoms with Gasteiger partial charge >= 0.3 is 5.97 Å². The van der Waals surface area contributed by atoms with Crippen molar-refractivity contribution < 1.29 is 24.2 Å². The molecule has 1 amide bonds. The fraction of sp³-hybridized carbons (Fsp3) is 0.450. The Morgan fingerprint density at radius 2 is 1.96 bits per heavy atom. The van der Waals surface area contributed by atoms with Crippen LogP contribution in [0.3, 0.4) is 0 Å². The number of likely N-dealkylation sites (tertiary alicyclic amines) is 1. The van der Waals surface area contributed by atoms with Crippen molar-refractivity contribution in [3.8, 4) is 11.5 Å². The van der Waals surface area contributed by atoms with E-state index in [1.807, 2.05) is 11.8 Å². The van der Waals surface area contributed by atoms with E-state index in [-0.39, 0.29) is 17.5 Å². The second-order valence-electron chi connectivity index (χ2n) is 6.72. The maximum absolute atomic E-state index is 12.9. The zero-order valence-corrected chi connectivity index (χ0v) is 16.3. The molecule has 1 aromatic carbocycles. The Hall–Kier alpha value is -3.03. The van der Waals surface area contributed by atoms with Crippen LogP contribution in [0.25, 0.3) is 0 Å². The highest BCUT2D eigenvalue weighted by atomic mass is 16.5. The minimum Gasteiger partial charge on any atom is -0.493 e. The molecule has 2 heterocycles. The Morgan fingerprint density at radius 1 is 1.25 bits per heavy atom. The molecule has 8 nitrogen and oxygen atoms in total. The molecule has 1 saturated heterocycles. The molecule has 28 heavy (non-hydrogen) atoms. The van der Waals surface area contributed by atoms with Crippen molar-refractivity contribution in [3.63, 3.8) is 0 Å². The van der Waals surface area contributed by atoms with E-state index in [4.69, 9.17) is 9.47 Å². The third kappa shape index (κ3) is 3.81.